The molecule has 0 amide bonds. The van der Waals surface area contributed by atoms with Gasteiger partial charge in [0.2, 0.25) is 0 Å². The van der Waals surface area contributed by atoms with Gasteiger partial charge in [-0.05, 0) is 44.2 Å². The number of hydrogen-bond acceptors (Lipinski definition) is 3. The maximum atomic E-state index is 11.3. The fourth-order valence-electron chi connectivity index (χ4n) is 3.00. The minimum Gasteiger partial charge on any atom is -0.356 e. The van der Waals surface area contributed by atoms with Gasteiger partial charge >= 0.3 is 0 Å². The van der Waals surface area contributed by atoms with Gasteiger partial charge < -0.3 is 10.6 Å². The molecule has 0 aromatic heterocycles. The third kappa shape index (κ3) is 6.77. The molecule has 0 heterocycles. The van der Waals surface area contributed by atoms with Crippen LogP contribution in [0.3, 0.4) is 0 Å². The molecule has 1 aromatic rings. The number of nitrogens with one attached hydrogen (secondary N) is 2. The summed E-state index contributed by atoms with van der Waals surface area (Å²) in [5.41, 5.74) is 2.96. The Morgan fingerprint density at radius 3 is 2.48 bits per heavy atom. The SMILES string of the molecule is CN=C(NCC1(c2ccccc2C)CC1)NC(C)CCS(C)(=O)=O.I. The molecule has 1 aliphatic rings. The number of sulfone groups is 1. The average Bonchev–Trinajstić information content (AvgIpc) is 3.30. The summed E-state index contributed by atoms with van der Waals surface area (Å²) in [7, 11) is -1.19. The van der Waals surface area contributed by atoms with Crippen LogP contribution in [0.2, 0.25) is 0 Å². The summed E-state index contributed by atoms with van der Waals surface area (Å²) in [6.45, 7) is 4.98. The van der Waals surface area contributed by atoms with E-state index in [0.717, 1.165) is 12.5 Å². The highest BCUT2D eigenvalue weighted by molar-refractivity contribution is 14.0. The van der Waals surface area contributed by atoms with E-state index < -0.39 is 9.84 Å². The quantitative estimate of drug-likeness (QED) is 0.359. The van der Waals surface area contributed by atoms with E-state index in [1.54, 1.807) is 7.05 Å². The summed E-state index contributed by atoms with van der Waals surface area (Å²) < 4.78 is 22.5. The van der Waals surface area contributed by atoms with Crippen LogP contribution in [0.4, 0.5) is 0 Å². The monoisotopic (exact) mass is 479 g/mol. The van der Waals surface area contributed by atoms with Crippen molar-refractivity contribution in [3.8, 4) is 0 Å². The third-order valence-corrected chi connectivity index (χ3v) is 5.67. The van der Waals surface area contributed by atoms with Crippen LogP contribution >= 0.6 is 24.0 Å². The Balaban J connectivity index is 0.00000312. The van der Waals surface area contributed by atoms with Gasteiger partial charge in [0.05, 0.1) is 5.75 Å². The highest BCUT2D eigenvalue weighted by Gasteiger charge is 2.44. The number of nitrogens with zero attached hydrogens (tertiary/aromatic N) is 1. The second-order valence-electron chi connectivity index (χ2n) is 6.98. The normalized spacial score (nSPS) is 17.4. The van der Waals surface area contributed by atoms with Crippen LogP contribution in [0, 0.1) is 6.92 Å². The zero-order valence-electron chi connectivity index (χ0n) is 15.5. The second kappa shape index (κ2) is 9.21. The summed E-state index contributed by atoms with van der Waals surface area (Å²) in [6, 6.07) is 8.61. The van der Waals surface area contributed by atoms with Crippen molar-refractivity contribution < 1.29 is 8.42 Å². The van der Waals surface area contributed by atoms with Crippen molar-refractivity contribution in [3.05, 3.63) is 35.4 Å². The van der Waals surface area contributed by atoms with Crippen LogP contribution in [0.25, 0.3) is 0 Å². The van der Waals surface area contributed by atoms with Crippen molar-refractivity contribution in [2.24, 2.45) is 4.99 Å². The Bertz CT molecular complexity index is 700. The van der Waals surface area contributed by atoms with Crippen molar-refractivity contribution >= 4 is 39.8 Å². The molecule has 1 unspecified atom stereocenters. The van der Waals surface area contributed by atoms with Crippen LogP contribution in [0.5, 0.6) is 0 Å². The molecule has 0 aliphatic heterocycles. The van der Waals surface area contributed by atoms with Gasteiger partial charge in [0.15, 0.2) is 5.96 Å². The minimum absolute atomic E-state index is 0. The van der Waals surface area contributed by atoms with Crippen LogP contribution in [-0.2, 0) is 15.3 Å². The molecule has 0 radical (unpaired) electrons. The summed E-state index contributed by atoms with van der Waals surface area (Å²) in [5.74, 6) is 0.918. The van der Waals surface area contributed by atoms with Gasteiger partial charge in [-0.15, -0.1) is 24.0 Å². The summed E-state index contributed by atoms with van der Waals surface area (Å²) in [4.78, 5) is 4.26. The summed E-state index contributed by atoms with van der Waals surface area (Å²) in [6.07, 6.45) is 4.21. The maximum Gasteiger partial charge on any atom is 0.191 e. The molecule has 0 spiro atoms. The van der Waals surface area contributed by atoms with Crippen LogP contribution in [0.15, 0.2) is 29.3 Å². The lowest BCUT2D eigenvalue weighted by atomic mass is 9.92. The molecule has 1 saturated carbocycles. The zero-order valence-corrected chi connectivity index (χ0v) is 18.6. The molecule has 2 rings (SSSR count). The van der Waals surface area contributed by atoms with Gasteiger partial charge in [-0.25, -0.2) is 8.42 Å². The van der Waals surface area contributed by atoms with Gasteiger partial charge in [-0.1, -0.05) is 24.3 Å². The molecule has 1 atom stereocenters. The predicted octanol–water partition coefficient (Wildman–Crippen LogP) is 2.63. The predicted molar refractivity (Wildman–Crippen MR) is 116 cm³/mol. The Morgan fingerprint density at radius 2 is 1.96 bits per heavy atom. The average molecular weight is 479 g/mol. The molecule has 5 nitrogen and oxygen atoms in total. The van der Waals surface area contributed by atoms with Crippen LogP contribution in [-0.4, -0.2) is 46.0 Å². The van der Waals surface area contributed by atoms with Gasteiger partial charge in [-0.3, -0.25) is 4.99 Å². The first-order valence-corrected chi connectivity index (χ1v) is 10.5. The van der Waals surface area contributed by atoms with Crippen LogP contribution in [0.1, 0.15) is 37.3 Å². The first-order valence-electron chi connectivity index (χ1n) is 8.47. The van der Waals surface area contributed by atoms with E-state index in [-0.39, 0.29) is 41.2 Å². The fourth-order valence-corrected chi connectivity index (χ4v) is 3.79. The van der Waals surface area contributed by atoms with E-state index in [1.165, 1.54) is 30.2 Å². The largest absolute Gasteiger partial charge is 0.356 e. The van der Waals surface area contributed by atoms with Crippen molar-refractivity contribution in [2.75, 3.05) is 25.6 Å². The van der Waals surface area contributed by atoms with Gasteiger partial charge in [0.25, 0.3) is 0 Å². The van der Waals surface area contributed by atoms with Gasteiger partial charge in [0.1, 0.15) is 9.84 Å². The maximum absolute atomic E-state index is 11.3. The molecular formula is C18H30IN3O2S. The van der Waals surface area contributed by atoms with E-state index in [9.17, 15) is 8.42 Å². The highest BCUT2D eigenvalue weighted by atomic mass is 127. The van der Waals surface area contributed by atoms with Gasteiger partial charge in [-0.2, -0.15) is 0 Å². The van der Waals surface area contributed by atoms with E-state index in [2.05, 4.69) is 46.8 Å². The van der Waals surface area contributed by atoms with Crippen molar-refractivity contribution in [2.45, 2.75) is 44.6 Å². The van der Waals surface area contributed by atoms with E-state index in [4.69, 9.17) is 0 Å². The first kappa shape index (κ1) is 22.2. The topological polar surface area (TPSA) is 70.6 Å². The molecule has 142 valence electrons. The Hall–Kier alpha value is -0.830. The summed E-state index contributed by atoms with van der Waals surface area (Å²) in [5, 5.41) is 6.70. The zero-order chi connectivity index (χ0) is 17.8. The number of guanidine groups is 1. The third-order valence-electron chi connectivity index (χ3n) is 4.69. The standard InChI is InChI=1S/C18H29N3O2S.HI/c1-14-7-5-6-8-16(14)18(10-11-18)13-20-17(19-3)21-15(2)9-12-24(4,22)23;/h5-8,15H,9-13H2,1-4H3,(H2,19,20,21);1H. The minimum atomic E-state index is -2.93. The lowest BCUT2D eigenvalue weighted by Gasteiger charge is -2.22. The number of rotatable bonds is 7. The number of benzene rings is 1. The lowest BCUT2D eigenvalue weighted by molar-refractivity contribution is 0.576. The molecule has 25 heavy (non-hydrogen) atoms. The van der Waals surface area contributed by atoms with Crippen LogP contribution < -0.4 is 10.6 Å². The van der Waals surface area contributed by atoms with Crippen molar-refractivity contribution in [1.29, 1.82) is 0 Å². The Morgan fingerprint density at radius 1 is 1.32 bits per heavy atom. The lowest BCUT2D eigenvalue weighted by Crippen LogP contribution is -2.45. The number of hydrogen-bond donors (Lipinski definition) is 2. The summed E-state index contributed by atoms with van der Waals surface area (Å²) >= 11 is 0. The second-order valence-corrected chi connectivity index (χ2v) is 9.24. The van der Waals surface area contributed by atoms with E-state index in [0.29, 0.717) is 6.42 Å². The number of halogens is 1. The number of aryl methyl sites for hydroxylation is 1. The van der Waals surface area contributed by atoms with Crippen molar-refractivity contribution in [3.63, 3.8) is 0 Å². The van der Waals surface area contributed by atoms with Gasteiger partial charge in [0, 0.05) is 31.3 Å². The highest BCUT2D eigenvalue weighted by Crippen LogP contribution is 2.48. The molecule has 1 aromatic carbocycles. The fraction of sp³-hybridized carbons (Fsp3) is 0.611. The molecule has 1 aliphatic carbocycles. The smallest absolute Gasteiger partial charge is 0.191 e. The van der Waals surface area contributed by atoms with E-state index >= 15 is 0 Å². The van der Waals surface area contributed by atoms with Crippen molar-refractivity contribution in [1.82, 2.24) is 10.6 Å². The Labute approximate surface area is 169 Å². The number of aliphatic imine (C=N–C) groups is 1. The molecule has 7 heteroatoms. The molecule has 1 fully saturated rings. The molecule has 0 bridgehead atoms. The molecule has 0 saturated heterocycles. The first-order chi connectivity index (χ1) is 11.3. The molecule has 2 N–H and O–H groups in total. The Kier molecular flexibility index (Phi) is 8.18. The molecular weight excluding hydrogens is 449 g/mol. The van der Waals surface area contributed by atoms with E-state index in [1.807, 2.05) is 6.92 Å².